The first-order valence-electron chi connectivity index (χ1n) is 7.76. The maximum absolute atomic E-state index is 11.7. The monoisotopic (exact) mass is 290 g/mol. The number of methoxy groups -OCH3 is 1. The molecule has 2 atom stereocenters. The highest BCUT2D eigenvalue weighted by Gasteiger charge is 2.22. The molecule has 1 aromatic carbocycles. The number of hydrogen-bond acceptors (Lipinski definition) is 3. The summed E-state index contributed by atoms with van der Waals surface area (Å²) in [6.45, 7) is 6.03. The van der Waals surface area contributed by atoms with Gasteiger partial charge in [0.15, 0.2) is 0 Å². The summed E-state index contributed by atoms with van der Waals surface area (Å²) in [5.41, 5.74) is 1.21. The van der Waals surface area contributed by atoms with E-state index in [1.54, 1.807) is 7.11 Å². The number of amides is 1. The molecule has 0 saturated carbocycles. The fourth-order valence-corrected chi connectivity index (χ4v) is 3.03. The largest absolute Gasteiger partial charge is 0.496 e. The van der Waals surface area contributed by atoms with Crippen molar-refractivity contribution >= 4 is 5.91 Å². The van der Waals surface area contributed by atoms with Gasteiger partial charge in [-0.3, -0.25) is 4.79 Å². The van der Waals surface area contributed by atoms with Gasteiger partial charge in [-0.25, -0.2) is 0 Å². The van der Waals surface area contributed by atoms with Gasteiger partial charge in [0.1, 0.15) is 5.75 Å². The minimum Gasteiger partial charge on any atom is -0.496 e. The number of para-hydroxylation sites is 1. The summed E-state index contributed by atoms with van der Waals surface area (Å²) in [6, 6.07) is 8.77. The Balaban J connectivity index is 1.83. The molecule has 1 N–H and O–H groups in total. The first kappa shape index (κ1) is 15.8. The number of ether oxygens (including phenoxy) is 1. The summed E-state index contributed by atoms with van der Waals surface area (Å²) >= 11 is 0. The van der Waals surface area contributed by atoms with Gasteiger partial charge in [-0.2, -0.15) is 0 Å². The van der Waals surface area contributed by atoms with E-state index in [2.05, 4.69) is 25.2 Å². The Morgan fingerprint density at radius 2 is 2.05 bits per heavy atom. The molecule has 1 aromatic rings. The van der Waals surface area contributed by atoms with Gasteiger partial charge in [-0.05, 0) is 38.3 Å². The molecule has 2 rings (SSSR count). The molecular formula is C17H26N2O2. The topological polar surface area (TPSA) is 41.6 Å². The van der Waals surface area contributed by atoms with Crippen LogP contribution in [0.3, 0.4) is 0 Å². The lowest BCUT2D eigenvalue weighted by Crippen LogP contribution is -2.44. The van der Waals surface area contributed by atoms with E-state index in [9.17, 15) is 4.79 Å². The van der Waals surface area contributed by atoms with E-state index in [-0.39, 0.29) is 0 Å². The Labute approximate surface area is 127 Å². The third-order valence-corrected chi connectivity index (χ3v) is 3.95. The number of nitrogens with one attached hydrogen (secondary N) is 1. The average molecular weight is 290 g/mol. The molecule has 1 aliphatic rings. The molecule has 0 aromatic heterocycles. The van der Waals surface area contributed by atoms with Crippen LogP contribution in [-0.4, -0.2) is 43.1 Å². The molecule has 0 aliphatic carbocycles. The van der Waals surface area contributed by atoms with Gasteiger partial charge in [-0.1, -0.05) is 18.2 Å². The average Bonchev–Trinajstić information content (AvgIpc) is 2.84. The van der Waals surface area contributed by atoms with Crippen molar-refractivity contribution in [1.29, 1.82) is 0 Å². The van der Waals surface area contributed by atoms with Crippen molar-refractivity contribution in [2.24, 2.45) is 0 Å². The molecule has 4 heteroatoms. The first-order valence-corrected chi connectivity index (χ1v) is 7.76. The van der Waals surface area contributed by atoms with E-state index in [0.717, 1.165) is 31.7 Å². The normalized spacial score (nSPS) is 17.9. The van der Waals surface area contributed by atoms with Crippen molar-refractivity contribution in [3.8, 4) is 5.75 Å². The zero-order valence-corrected chi connectivity index (χ0v) is 13.3. The van der Waals surface area contributed by atoms with Crippen LogP contribution in [-0.2, 0) is 11.2 Å². The van der Waals surface area contributed by atoms with Gasteiger partial charge < -0.3 is 15.0 Å². The van der Waals surface area contributed by atoms with Crippen LogP contribution in [0.5, 0.6) is 5.75 Å². The molecule has 1 saturated heterocycles. The van der Waals surface area contributed by atoms with Crippen LogP contribution in [0.25, 0.3) is 0 Å². The van der Waals surface area contributed by atoms with Crippen LogP contribution in [0, 0.1) is 0 Å². The van der Waals surface area contributed by atoms with Crippen LogP contribution >= 0.6 is 0 Å². The Bertz CT molecular complexity index is 476. The molecule has 2 unspecified atom stereocenters. The van der Waals surface area contributed by atoms with Crippen LogP contribution < -0.4 is 10.1 Å². The minimum atomic E-state index is 0.293. The molecule has 0 radical (unpaired) electrons. The maximum Gasteiger partial charge on any atom is 0.222 e. The molecule has 1 aliphatic heterocycles. The van der Waals surface area contributed by atoms with Crippen LogP contribution in [0.2, 0.25) is 0 Å². The summed E-state index contributed by atoms with van der Waals surface area (Å²) in [6.07, 6.45) is 2.63. The number of rotatable bonds is 7. The summed E-state index contributed by atoms with van der Waals surface area (Å²) in [7, 11) is 1.71. The van der Waals surface area contributed by atoms with Crippen molar-refractivity contribution in [2.45, 2.75) is 45.2 Å². The van der Waals surface area contributed by atoms with E-state index >= 15 is 0 Å². The van der Waals surface area contributed by atoms with Gasteiger partial charge in [0.05, 0.1) is 7.11 Å². The maximum atomic E-state index is 11.7. The predicted molar refractivity (Wildman–Crippen MR) is 84.6 cm³/mol. The molecule has 1 fully saturated rings. The zero-order valence-electron chi connectivity index (χ0n) is 13.3. The van der Waals surface area contributed by atoms with Crippen molar-refractivity contribution in [3.63, 3.8) is 0 Å². The number of carbonyl (C=O) groups is 1. The molecule has 0 bridgehead atoms. The number of likely N-dealkylation sites (tertiary alicyclic amines) is 1. The fourth-order valence-electron chi connectivity index (χ4n) is 3.03. The highest BCUT2D eigenvalue weighted by atomic mass is 16.5. The van der Waals surface area contributed by atoms with Gasteiger partial charge in [0, 0.05) is 31.6 Å². The Kier molecular flexibility index (Phi) is 5.62. The molecule has 0 spiro atoms. The van der Waals surface area contributed by atoms with E-state index in [0.29, 0.717) is 24.4 Å². The lowest BCUT2D eigenvalue weighted by Gasteiger charge is -2.25. The predicted octanol–water partition coefficient (Wildman–Crippen LogP) is 2.23. The number of benzene rings is 1. The SMILES string of the molecule is COc1ccccc1CC(C)NC(C)CN1CCCC1=O. The van der Waals surface area contributed by atoms with Gasteiger partial charge in [-0.15, -0.1) is 0 Å². The van der Waals surface area contributed by atoms with E-state index in [1.807, 2.05) is 23.1 Å². The second kappa shape index (κ2) is 7.46. The van der Waals surface area contributed by atoms with Crippen molar-refractivity contribution in [2.75, 3.05) is 20.2 Å². The Hall–Kier alpha value is -1.55. The third-order valence-electron chi connectivity index (χ3n) is 3.95. The summed E-state index contributed by atoms with van der Waals surface area (Å²) in [5, 5.41) is 3.58. The second-order valence-corrected chi connectivity index (χ2v) is 5.93. The molecule has 116 valence electrons. The van der Waals surface area contributed by atoms with Gasteiger partial charge in [0.25, 0.3) is 0 Å². The van der Waals surface area contributed by atoms with E-state index < -0.39 is 0 Å². The van der Waals surface area contributed by atoms with Gasteiger partial charge >= 0.3 is 0 Å². The van der Waals surface area contributed by atoms with E-state index in [4.69, 9.17) is 4.74 Å². The molecule has 21 heavy (non-hydrogen) atoms. The number of hydrogen-bond donors (Lipinski definition) is 1. The molecular weight excluding hydrogens is 264 g/mol. The Morgan fingerprint density at radius 1 is 1.29 bits per heavy atom. The molecule has 1 heterocycles. The summed E-state index contributed by atoms with van der Waals surface area (Å²) < 4.78 is 5.39. The quantitative estimate of drug-likeness (QED) is 0.837. The summed E-state index contributed by atoms with van der Waals surface area (Å²) in [5.74, 6) is 1.23. The number of carbonyl (C=O) groups excluding carboxylic acids is 1. The first-order chi connectivity index (χ1) is 10.1. The van der Waals surface area contributed by atoms with Crippen LogP contribution in [0.4, 0.5) is 0 Å². The Morgan fingerprint density at radius 3 is 2.71 bits per heavy atom. The zero-order chi connectivity index (χ0) is 15.2. The van der Waals surface area contributed by atoms with E-state index in [1.165, 1.54) is 5.56 Å². The summed E-state index contributed by atoms with van der Waals surface area (Å²) in [4.78, 5) is 13.6. The van der Waals surface area contributed by atoms with Crippen molar-refractivity contribution in [3.05, 3.63) is 29.8 Å². The lowest BCUT2D eigenvalue weighted by atomic mass is 10.1. The highest BCUT2D eigenvalue weighted by molar-refractivity contribution is 5.78. The van der Waals surface area contributed by atoms with Crippen molar-refractivity contribution in [1.82, 2.24) is 10.2 Å². The number of nitrogens with zero attached hydrogens (tertiary/aromatic N) is 1. The van der Waals surface area contributed by atoms with Crippen LogP contribution in [0.1, 0.15) is 32.3 Å². The fraction of sp³-hybridized carbons (Fsp3) is 0.588. The van der Waals surface area contributed by atoms with Crippen molar-refractivity contribution < 1.29 is 9.53 Å². The van der Waals surface area contributed by atoms with Crippen LogP contribution in [0.15, 0.2) is 24.3 Å². The smallest absolute Gasteiger partial charge is 0.222 e. The molecule has 1 amide bonds. The van der Waals surface area contributed by atoms with Gasteiger partial charge in [0.2, 0.25) is 5.91 Å². The second-order valence-electron chi connectivity index (χ2n) is 5.93. The standard InChI is InChI=1S/C17H26N2O2/c1-13(11-15-7-4-5-8-16(15)21-3)18-14(2)12-19-10-6-9-17(19)20/h4-5,7-8,13-14,18H,6,9-12H2,1-3H3. The minimum absolute atomic E-state index is 0.293. The molecule has 4 nitrogen and oxygen atoms in total. The third kappa shape index (κ3) is 4.46. The lowest BCUT2D eigenvalue weighted by molar-refractivity contribution is -0.127. The highest BCUT2D eigenvalue weighted by Crippen LogP contribution is 2.19.